The minimum absolute atomic E-state index is 0.263. The first-order valence-electron chi connectivity index (χ1n) is 3.62. The van der Waals surface area contributed by atoms with E-state index in [1.807, 2.05) is 0 Å². The molecule has 0 aliphatic carbocycles. The van der Waals surface area contributed by atoms with E-state index in [0.717, 1.165) is 13.2 Å². The Labute approximate surface area is 69.4 Å². The summed E-state index contributed by atoms with van der Waals surface area (Å²) in [7, 11) is 0. The van der Waals surface area contributed by atoms with Crippen molar-refractivity contribution in [3.63, 3.8) is 0 Å². The fourth-order valence-electron chi connectivity index (χ4n) is 0.697. The Morgan fingerprint density at radius 3 is 2.08 bits per heavy atom. The van der Waals surface area contributed by atoms with Gasteiger partial charge in [0.2, 0.25) is 0 Å². The van der Waals surface area contributed by atoms with Gasteiger partial charge in [-0.25, -0.2) is 0 Å². The van der Waals surface area contributed by atoms with Crippen LogP contribution in [0.3, 0.4) is 0 Å². The van der Waals surface area contributed by atoms with Crippen molar-refractivity contribution in [3.8, 4) is 0 Å². The SMILES string of the molecule is C1=NCCO1.O=C1CCC(=O)O1. The summed E-state index contributed by atoms with van der Waals surface area (Å²) in [5, 5.41) is 0. The Balaban J connectivity index is 0.000000127. The first kappa shape index (κ1) is 8.70. The quantitative estimate of drug-likeness (QED) is 0.377. The minimum Gasteiger partial charge on any atom is -0.482 e. The Hall–Kier alpha value is -1.39. The maximum Gasteiger partial charge on any atom is 0.314 e. The smallest absolute Gasteiger partial charge is 0.314 e. The molecule has 66 valence electrons. The van der Waals surface area contributed by atoms with Crippen molar-refractivity contribution in [2.24, 2.45) is 4.99 Å². The van der Waals surface area contributed by atoms with Crippen molar-refractivity contribution in [1.29, 1.82) is 0 Å². The standard InChI is InChI=1S/C4H4O3.C3H5NO/c5-3-1-2-4(6)7-3;1-2-5-3-4-1/h1-2H2;3H,1-2H2. The Kier molecular flexibility index (Phi) is 3.25. The number of ether oxygens (including phenoxy) is 2. The largest absolute Gasteiger partial charge is 0.482 e. The lowest BCUT2D eigenvalue weighted by atomic mass is 10.4. The van der Waals surface area contributed by atoms with Gasteiger partial charge in [0.15, 0.2) is 6.40 Å². The van der Waals surface area contributed by atoms with E-state index in [9.17, 15) is 9.59 Å². The van der Waals surface area contributed by atoms with Gasteiger partial charge in [-0.2, -0.15) is 0 Å². The van der Waals surface area contributed by atoms with Crippen LogP contribution >= 0.6 is 0 Å². The topological polar surface area (TPSA) is 65.0 Å². The molecule has 2 aliphatic rings. The monoisotopic (exact) mass is 171 g/mol. The lowest BCUT2D eigenvalue weighted by Crippen LogP contribution is -1.94. The molecule has 0 aromatic heterocycles. The summed E-state index contributed by atoms with van der Waals surface area (Å²) in [5.74, 6) is -0.796. The minimum atomic E-state index is -0.398. The highest BCUT2D eigenvalue weighted by Crippen LogP contribution is 2.03. The van der Waals surface area contributed by atoms with E-state index in [0.29, 0.717) is 0 Å². The van der Waals surface area contributed by atoms with Crippen LogP contribution in [0.2, 0.25) is 0 Å². The first-order valence-corrected chi connectivity index (χ1v) is 3.62. The van der Waals surface area contributed by atoms with Gasteiger partial charge in [0.25, 0.3) is 0 Å². The molecule has 2 aliphatic heterocycles. The lowest BCUT2D eigenvalue weighted by molar-refractivity contribution is -0.151. The van der Waals surface area contributed by atoms with Crippen LogP contribution in [0.1, 0.15) is 12.8 Å². The average molecular weight is 171 g/mol. The van der Waals surface area contributed by atoms with Crippen LogP contribution in [-0.4, -0.2) is 31.5 Å². The van der Waals surface area contributed by atoms with Gasteiger partial charge in [0.1, 0.15) is 6.61 Å². The molecule has 1 fully saturated rings. The van der Waals surface area contributed by atoms with Crippen molar-refractivity contribution in [3.05, 3.63) is 0 Å². The highest BCUT2D eigenvalue weighted by molar-refractivity contribution is 5.92. The predicted molar refractivity (Wildman–Crippen MR) is 39.6 cm³/mol. The third-order valence-electron chi connectivity index (χ3n) is 1.25. The number of hydrogen-bond acceptors (Lipinski definition) is 5. The average Bonchev–Trinajstić information content (AvgIpc) is 2.63. The van der Waals surface area contributed by atoms with Crippen LogP contribution in [0.25, 0.3) is 0 Å². The van der Waals surface area contributed by atoms with Crippen LogP contribution in [0.4, 0.5) is 0 Å². The van der Waals surface area contributed by atoms with E-state index in [1.54, 1.807) is 0 Å². The summed E-state index contributed by atoms with van der Waals surface area (Å²) in [4.78, 5) is 23.8. The van der Waals surface area contributed by atoms with Gasteiger partial charge in [-0.1, -0.05) is 0 Å². The number of esters is 2. The fraction of sp³-hybridized carbons (Fsp3) is 0.571. The van der Waals surface area contributed by atoms with Crippen LogP contribution in [-0.2, 0) is 19.1 Å². The second kappa shape index (κ2) is 4.48. The van der Waals surface area contributed by atoms with Crippen LogP contribution < -0.4 is 0 Å². The summed E-state index contributed by atoms with van der Waals surface area (Å²) in [6.45, 7) is 1.62. The van der Waals surface area contributed by atoms with E-state index in [1.165, 1.54) is 6.40 Å². The Bertz CT molecular complexity index is 191. The molecule has 0 aromatic rings. The maximum atomic E-state index is 10.0. The van der Waals surface area contributed by atoms with Gasteiger partial charge in [-0.3, -0.25) is 14.6 Å². The van der Waals surface area contributed by atoms with Gasteiger partial charge in [-0.05, 0) is 0 Å². The van der Waals surface area contributed by atoms with E-state index in [2.05, 4.69) is 14.5 Å². The molecular weight excluding hydrogens is 162 g/mol. The van der Waals surface area contributed by atoms with Crippen molar-refractivity contribution in [2.75, 3.05) is 13.2 Å². The van der Waals surface area contributed by atoms with Crippen molar-refractivity contribution in [2.45, 2.75) is 12.8 Å². The van der Waals surface area contributed by atoms with Gasteiger partial charge >= 0.3 is 11.9 Å². The lowest BCUT2D eigenvalue weighted by Gasteiger charge is -1.79. The van der Waals surface area contributed by atoms with E-state index < -0.39 is 11.9 Å². The second-order valence-electron chi connectivity index (χ2n) is 2.23. The molecule has 12 heavy (non-hydrogen) atoms. The zero-order valence-corrected chi connectivity index (χ0v) is 6.49. The number of hydrogen-bond donors (Lipinski definition) is 0. The van der Waals surface area contributed by atoms with Crippen LogP contribution in [0, 0.1) is 0 Å². The second-order valence-corrected chi connectivity index (χ2v) is 2.23. The number of aliphatic imine (C=N–C) groups is 1. The number of nitrogens with zero attached hydrogens (tertiary/aromatic N) is 1. The zero-order chi connectivity index (χ0) is 8.81. The zero-order valence-electron chi connectivity index (χ0n) is 6.49. The first-order chi connectivity index (χ1) is 5.79. The molecule has 0 radical (unpaired) electrons. The van der Waals surface area contributed by atoms with E-state index >= 15 is 0 Å². The number of carbonyl (C=O) groups excluding carboxylic acids is 2. The molecule has 0 unspecified atom stereocenters. The summed E-state index contributed by atoms with van der Waals surface area (Å²) in [6, 6.07) is 0. The van der Waals surface area contributed by atoms with E-state index in [-0.39, 0.29) is 12.8 Å². The highest BCUT2D eigenvalue weighted by Gasteiger charge is 2.19. The summed E-state index contributed by atoms with van der Waals surface area (Å²) in [5.41, 5.74) is 0. The fourth-order valence-corrected chi connectivity index (χ4v) is 0.697. The molecule has 0 saturated carbocycles. The third-order valence-corrected chi connectivity index (χ3v) is 1.25. The normalized spacial score (nSPS) is 19.7. The van der Waals surface area contributed by atoms with Crippen molar-refractivity contribution < 1.29 is 19.1 Å². The summed E-state index contributed by atoms with van der Waals surface area (Å²) >= 11 is 0. The van der Waals surface area contributed by atoms with Gasteiger partial charge in [0.05, 0.1) is 19.4 Å². The molecule has 0 N–H and O–H groups in total. The molecule has 0 bridgehead atoms. The Morgan fingerprint density at radius 1 is 1.25 bits per heavy atom. The molecule has 2 heterocycles. The molecule has 2 rings (SSSR count). The highest BCUT2D eigenvalue weighted by atomic mass is 16.6. The molecule has 5 heteroatoms. The predicted octanol–water partition coefficient (Wildman–Crippen LogP) is -0.105. The maximum absolute atomic E-state index is 10.0. The van der Waals surface area contributed by atoms with Gasteiger partial charge in [-0.15, -0.1) is 0 Å². The third kappa shape index (κ3) is 3.14. The molecule has 1 saturated heterocycles. The van der Waals surface area contributed by atoms with Crippen LogP contribution in [0.15, 0.2) is 4.99 Å². The molecular formula is C7H9NO4. The van der Waals surface area contributed by atoms with Crippen LogP contribution in [0.5, 0.6) is 0 Å². The van der Waals surface area contributed by atoms with Gasteiger partial charge < -0.3 is 9.47 Å². The molecule has 0 spiro atoms. The van der Waals surface area contributed by atoms with Crippen molar-refractivity contribution in [1.82, 2.24) is 0 Å². The number of rotatable bonds is 0. The molecule has 0 amide bonds. The number of carbonyl (C=O) groups is 2. The molecule has 0 atom stereocenters. The Morgan fingerprint density at radius 2 is 1.92 bits per heavy atom. The summed E-state index contributed by atoms with van der Waals surface area (Å²) < 4.78 is 8.74. The van der Waals surface area contributed by atoms with Gasteiger partial charge in [0, 0.05) is 0 Å². The van der Waals surface area contributed by atoms with E-state index in [4.69, 9.17) is 0 Å². The van der Waals surface area contributed by atoms with Crippen molar-refractivity contribution >= 4 is 18.3 Å². The number of cyclic esters (lactones) is 2. The molecule has 0 aromatic carbocycles. The molecule has 5 nitrogen and oxygen atoms in total. The summed E-state index contributed by atoms with van der Waals surface area (Å²) in [6.07, 6.45) is 2.01.